The molecule has 1 unspecified atom stereocenters. The summed E-state index contributed by atoms with van der Waals surface area (Å²) in [5.41, 5.74) is 1.42. The smallest absolute Gasteiger partial charge is 0.252 e. The van der Waals surface area contributed by atoms with Crippen molar-refractivity contribution in [2.75, 3.05) is 33.3 Å². The van der Waals surface area contributed by atoms with Gasteiger partial charge < -0.3 is 15.0 Å². The van der Waals surface area contributed by atoms with Crippen LogP contribution in [0.4, 0.5) is 0 Å². The number of sulfonamides is 1. The minimum Gasteiger partial charge on any atom is -0.497 e. The normalized spacial score (nSPS) is 18.3. The number of carbonyl (C=O) groups excluding carboxylic acids is 2. The number of amides is 2. The molecule has 1 N–H and O–H groups in total. The Morgan fingerprint density at radius 1 is 1.00 bits per heavy atom. The number of hydrogen-bond acceptors (Lipinski definition) is 5. The largest absolute Gasteiger partial charge is 0.497 e. The third-order valence-corrected chi connectivity index (χ3v) is 8.84. The number of aryl methyl sites for hydroxylation is 1. The number of benzene rings is 2. The number of piperidine rings is 1. The third kappa shape index (κ3) is 5.67. The average Bonchev–Trinajstić information content (AvgIpc) is 3.42. The molecule has 35 heavy (non-hydrogen) atoms. The minimum atomic E-state index is -3.60. The molecule has 0 aliphatic carbocycles. The van der Waals surface area contributed by atoms with Gasteiger partial charge in [0, 0.05) is 31.7 Å². The fourth-order valence-corrected chi connectivity index (χ4v) is 6.28. The second kappa shape index (κ2) is 10.8. The molecule has 4 rings (SSSR count). The maximum atomic E-state index is 13.4. The van der Waals surface area contributed by atoms with E-state index in [0.29, 0.717) is 50.3 Å². The van der Waals surface area contributed by atoms with Crippen LogP contribution in [0.5, 0.6) is 5.75 Å². The SMILES string of the molecule is COc1cccc(C(=O)NC(C(=O)N2CCCC2)C2CCN(S(=O)(=O)c3ccc(C)cc3)CC2)c1. The van der Waals surface area contributed by atoms with Gasteiger partial charge in [-0.2, -0.15) is 4.31 Å². The van der Waals surface area contributed by atoms with Crippen LogP contribution in [0.25, 0.3) is 0 Å². The molecule has 2 amide bonds. The number of methoxy groups -OCH3 is 1. The predicted molar refractivity (Wildman–Crippen MR) is 133 cm³/mol. The molecule has 2 heterocycles. The second-order valence-corrected chi connectivity index (χ2v) is 11.2. The zero-order valence-electron chi connectivity index (χ0n) is 20.3. The zero-order valence-corrected chi connectivity index (χ0v) is 21.1. The molecule has 2 aliphatic heterocycles. The fraction of sp³-hybridized carbons (Fsp3) is 0.462. The highest BCUT2D eigenvalue weighted by molar-refractivity contribution is 7.89. The van der Waals surface area contributed by atoms with Gasteiger partial charge in [0.2, 0.25) is 15.9 Å². The first-order valence-corrected chi connectivity index (χ1v) is 13.5. The first-order chi connectivity index (χ1) is 16.8. The van der Waals surface area contributed by atoms with E-state index in [-0.39, 0.29) is 22.6 Å². The van der Waals surface area contributed by atoms with E-state index in [1.165, 1.54) is 11.4 Å². The Balaban J connectivity index is 1.49. The number of nitrogens with one attached hydrogen (secondary N) is 1. The van der Waals surface area contributed by atoms with Crippen LogP contribution in [-0.2, 0) is 14.8 Å². The third-order valence-electron chi connectivity index (χ3n) is 6.93. The standard InChI is InChI=1S/C26H33N3O5S/c1-19-8-10-23(11-9-19)35(32,33)29-16-12-20(13-17-29)24(26(31)28-14-3-4-15-28)27-25(30)21-6-5-7-22(18-21)34-2/h5-11,18,20,24H,3-4,12-17H2,1-2H3,(H,27,30). The van der Waals surface area contributed by atoms with E-state index in [4.69, 9.17) is 4.74 Å². The monoisotopic (exact) mass is 499 g/mol. The van der Waals surface area contributed by atoms with Crippen molar-refractivity contribution in [3.05, 3.63) is 59.7 Å². The Hall–Kier alpha value is -2.91. The van der Waals surface area contributed by atoms with Gasteiger partial charge >= 0.3 is 0 Å². The average molecular weight is 500 g/mol. The summed E-state index contributed by atoms with van der Waals surface area (Å²) in [4.78, 5) is 28.6. The summed E-state index contributed by atoms with van der Waals surface area (Å²) in [6, 6.07) is 13.0. The van der Waals surface area contributed by atoms with Crippen molar-refractivity contribution in [1.29, 1.82) is 0 Å². The first-order valence-electron chi connectivity index (χ1n) is 12.1. The van der Waals surface area contributed by atoms with Crippen molar-refractivity contribution >= 4 is 21.8 Å². The zero-order chi connectivity index (χ0) is 25.0. The molecule has 9 heteroatoms. The summed E-state index contributed by atoms with van der Waals surface area (Å²) < 4.78 is 32.9. The molecule has 0 aromatic heterocycles. The molecule has 0 radical (unpaired) electrons. The molecule has 2 aromatic rings. The van der Waals surface area contributed by atoms with Gasteiger partial charge in [0.05, 0.1) is 12.0 Å². The lowest BCUT2D eigenvalue weighted by Gasteiger charge is -2.36. The molecule has 2 aliphatic rings. The van der Waals surface area contributed by atoms with Crippen molar-refractivity contribution in [2.45, 2.75) is 43.5 Å². The van der Waals surface area contributed by atoms with E-state index >= 15 is 0 Å². The fourth-order valence-electron chi connectivity index (χ4n) is 4.81. The molecule has 1 atom stereocenters. The topological polar surface area (TPSA) is 96.0 Å². The van der Waals surface area contributed by atoms with Gasteiger partial charge in [0.1, 0.15) is 11.8 Å². The second-order valence-electron chi connectivity index (χ2n) is 9.27. The van der Waals surface area contributed by atoms with Gasteiger partial charge in [-0.05, 0) is 68.9 Å². The van der Waals surface area contributed by atoms with Crippen LogP contribution in [0.15, 0.2) is 53.4 Å². The lowest BCUT2D eigenvalue weighted by atomic mass is 9.89. The summed E-state index contributed by atoms with van der Waals surface area (Å²) in [5, 5.41) is 2.97. The summed E-state index contributed by atoms with van der Waals surface area (Å²) >= 11 is 0. The summed E-state index contributed by atoms with van der Waals surface area (Å²) in [5.74, 6) is -0.00782. The highest BCUT2D eigenvalue weighted by Gasteiger charge is 2.38. The van der Waals surface area contributed by atoms with Crippen LogP contribution in [0.1, 0.15) is 41.6 Å². The number of hydrogen-bond donors (Lipinski definition) is 1. The van der Waals surface area contributed by atoms with Crippen LogP contribution in [-0.4, -0.2) is 68.8 Å². The Bertz CT molecular complexity index is 1150. The van der Waals surface area contributed by atoms with Gasteiger partial charge in [-0.15, -0.1) is 0 Å². The minimum absolute atomic E-state index is 0.0846. The number of ether oxygens (including phenoxy) is 1. The maximum Gasteiger partial charge on any atom is 0.252 e. The molecular weight excluding hydrogens is 466 g/mol. The van der Waals surface area contributed by atoms with Crippen molar-refractivity contribution in [3.63, 3.8) is 0 Å². The number of rotatable bonds is 7. The van der Waals surface area contributed by atoms with E-state index in [2.05, 4.69) is 5.32 Å². The van der Waals surface area contributed by atoms with E-state index < -0.39 is 16.1 Å². The molecule has 2 aromatic carbocycles. The van der Waals surface area contributed by atoms with Gasteiger partial charge in [-0.25, -0.2) is 8.42 Å². The van der Waals surface area contributed by atoms with Crippen LogP contribution in [0.2, 0.25) is 0 Å². The van der Waals surface area contributed by atoms with Gasteiger partial charge in [-0.3, -0.25) is 9.59 Å². The summed E-state index contributed by atoms with van der Waals surface area (Å²) in [6.45, 7) is 3.90. The Morgan fingerprint density at radius 3 is 2.29 bits per heavy atom. The van der Waals surface area contributed by atoms with Crippen LogP contribution in [0, 0.1) is 12.8 Å². The van der Waals surface area contributed by atoms with Crippen molar-refractivity contribution in [2.24, 2.45) is 5.92 Å². The lowest BCUT2D eigenvalue weighted by Crippen LogP contribution is -2.54. The van der Waals surface area contributed by atoms with Crippen LogP contribution >= 0.6 is 0 Å². The molecule has 0 bridgehead atoms. The Morgan fingerprint density at radius 2 is 1.66 bits per heavy atom. The lowest BCUT2D eigenvalue weighted by molar-refractivity contribution is -0.133. The maximum absolute atomic E-state index is 13.4. The van der Waals surface area contributed by atoms with Crippen molar-refractivity contribution < 1.29 is 22.7 Å². The molecule has 2 fully saturated rings. The van der Waals surface area contributed by atoms with Crippen LogP contribution < -0.4 is 10.1 Å². The molecular formula is C26H33N3O5S. The molecule has 0 spiro atoms. The molecule has 188 valence electrons. The number of carbonyl (C=O) groups is 2. The molecule has 0 saturated carbocycles. The van der Waals surface area contributed by atoms with Gasteiger partial charge in [0.25, 0.3) is 5.91 Å². The van der Waals surface area contributed by atoms with E-state index in [0.717, 1.165) is 18.4 Å². The Labute approximate surface area is 207 Å². The van der Waals surface area contributed by atoms with Gasteiger partial charge in [0.15, 0.2) is 0 Å². The van der Waals surface area contributed by atoms with Crippen molar-refractivity contribution in [1.82, 2.24) is 14.5 Å². The highest BCUT2D eigenvalue weighted by atomic mass is 32.2. The van der Waals surface area contributed by atoms with E-state index in [9.17, 15) is 18.0 Å². The molecule has 8 nitrogen and oxygen atoms in total. The van der Waals surface area contributed by atoms with Crippen molar-refractivity contribution in [3.8, 4) is 5.75 Å². The van der Waals surface area contributed by atoms with Crippen LogP contribution in [0.3, 0.4) is 0 Å². The Kier molecular flexibility index (Phi) is 7.76. The summed E-state index contributed by atoms with van der Waals surface area (Å²) in [6.07, 6.45) is 2.90. The highest BCUT2D eigenvalue weighted by Crippen LogP contribution is 2.28. The van der Waals surface area contributed by atoms with Gasteiger partial charge in [-0.1, -0.05) is 23.8 Å². The number of nitrogens with zero attached hydrogens (tertiary/aromatic N) is 2. The molecule has 2 saturated heterocycles. The summed E-state index contributed by atoms with van der Waals surface area (Å²) in [7, 11) is -2.06. The first kappa shape index (κ1) is 25.2. The number of likely N-dealkylation sites (tertiary alicyclic amines) is 1. The quantitative estimate of drug-likeness (QED) is 0.632. The van der Waals surface area contributed by atoms with E-state index in [1.54, 1.807) is 48.5 Å². The predicted octanol–water partition coefficient (Wildman–Crippen LogP) is 2.83. The van der Waals surface area contributed by atoms with E-state index in [1.807, 2.05) is 11.8 Å².